The highest BCUT2D eigenvalue weighted by atomic mass is 35.5. The van der Waals surface area contributed by atoms with Gasteiger partial charge in [0.05, 0.1) is 22.9 Å². The Bertz CT molecular complexity index is 593. The molecule has 5 nitrogen and oxygen atoms in total. The quantitative estimate of drug-likeness (QED) is 0.821. The highest BCUT2D eigenvalue weighted by Gasteiger charge is 2.40. The molecule has 1 aliphatic heterocycles. The molecule has 0 bridgehead atoms. The van der Waals surface area contributed by atoms with Crippen molar-refractivity contribution in [2.45, 2.75) is 52.1 Å². The van der Waals surface area contributed by atoms with Gasteiger partial charge in [-0.15, -0.1) is 0 Å². The monoisotopic (exact) mass is 353 g/mol. The third-order valence-electron chi connectivity index (χ3n) is 3.80. The van der Waals surface area contributed by atoms with E-state index in [2.05, 4.69) is 5.10 Å². The number of amides is 1. The Morgan fingerprint density at radius 3 is 2.30 bits per heavy atom. The van der Waals surface area contributed by atoms with Crippen molar-refractivity contribution < 1.29 is 22.7 Å². The Morgan fingerprint density at radius 1 is 1.35 bits per heavy atom. The molecule has 0 aliphatic carbocycles. The molecule has 1 aromatic rings. The molecule has 9 heteroatoms. The molecular weight excluding hydrogens is 335 g/mol. The van der Waals surface area contributed by atoms with E-state index in [0.29, 0.717) is 13.1 Å². The Balaban J connectivity index is 2.26. The van der Waals surface area contributed by atoms with Gasteiger partial charge in [0.15, 0.2) is 5.69 Å². The number of hydrogen-bond acceptors (Lipinski definition) is 3. The van der Waals surface area contributed by atoms with Crippen molar-refractivity contribution in [3.8, 4) is 0 Å². The summed E-state index contributed by atoms with van der Waals surface area (Å²) < 4.78 is 45.3. The number of alkyl halides is 3. The van der Waals surface area contributed by atoms with E-state index < -0.39 is 22.9 Å². The Kier molecular flexibility index (Phi) is 4.96. The van der Waals surface area contributed by atoms with Gasteiger partial charge in [-0.1, -0.05) is 11.6 Å². The average molecular weight is 354 g/mol. The second-order valence-corrected chi connectivity index (χ2v) is 6.24. The van der Waals surface area contributed by atoms with Crippen molar-refractivity contribution in [1.29, 1.82) is 0 Å². The van der Waals surface area contributed by atoms with Gasteiger partial charge in [0.2, 0.25) is 5.91 Å². The molecule has 0 saturated carbocycles. The SMILES string of the molecule is Cc1c(Cl)c(C(F)(F)F)nn1[C@H](C)C(=O)N1C[C@@H](C)O[C@@H](C)C1. The molecule has 1 fully saturated rings. The molecule has 1 aliphatic rings. The molecular formula is C14H19ClF3N3O2. The van der Waals surface area contributed by atoms with Crippen LogP contribution in [0, 0.1) is 6.92 Å². The van der Waals surface area contributed by atoms with E-state index in [1.807, 2.05) is 13.8 Å². The Morgan fingerprint density at radius 2 is 1.87 bits per heavy atom. The van der Waals surface area contributed by atoms with Gasteiger partial charge in [0.25, 0.3) is 0 Å². The number of halogens is 4. The van der Waals surface area contributed by atoms with Crippen LogP contribution >= 0.6 is 11.6 Å². The number of rotatable bonds is 2. The lowest BCUT2D eigenvalue weighted by molar-refractivity contribution is -0.147. The van der Waals surface area contributed by atoms with Gasteiger partial charge < -0.3 is 9.64 Å². The standard InChI is InChI=1S/C14H19ClF3N3O2/c1-7-5-20(6-8(2)23-7)13(22)10(4)21-9(3)11(15)12(19-21)14(16,17)18/h7-8,10H,5-6H2,1-4H3/t7-,8+,10-/m1/s1. The fourth-order valence-electron chi connectivity index (χ4n) is 2.78. The maximum atomic E-state index is 12.9. The minimum Gasteiger partial charge on any atom is -0.372 e. The van der Waals surface area contributed by atoms with Crippen molar-refractivity contribution in [1.82, 2.24) is 14.7 Å². The summed E-state index contributed by atoms with van der Waals surface area (Å²) >= 11 is 5.73. The lowest BCUT2D eigenvalue weighted by Crippen LogP contribution is -2.50. The predicted molar refractivity (Wildman–Crippen MR) is 78.3 cm³/mol. The van der Waals surface area contributed by atoms with Crippen LogP contribution in [0.4, 0.5) is 13.2 Å². The summed E-state index contributed by atoms with van der Waals surface area (Å²) in [6, 6.07) is -0.874. The zero-order valence-corrected chi connectivity index (χ0v) is 14.1. The second-order valence-electron chi connectivity index (χ2n) is 5.87. The molecule has 0 N–H and O–H groups in total. The van der Waals surface area contributed by atoms with Crippen LogP contribution in [0.1, 0.15) is 38.2 Å². The van der Waals surface area contributed by atoms with E-state index in [1.165, 1.54) is 13.8 Å². The Hall–Kier alpha value is -1.28. The van der Waals surface area contributed by atoms with Crippen LogP contribution in [0.25, 0.3) is 0 Å². The summed E-state index contributed by atoms with van der Waals surface area (Å²) in [6.07, 6.45) is -4.90. The van der Waals surface area contributed by atoms with Gasteiger partial charge in [-0.05, 0) is 27.7 Å². The third-order valence-corrected chi connectivity index (χ3v) is 4.25. The molecule has 0 radical (unpaired) electrons. The number of carbonyl (C=O) groups excluding carboxylic acids is 1. The summed E-state index contributed by atoms with van der Waals surface area (Å²) in [6.45, 7) is 7.42. The van der Waals surface area contributed by atoms with Crippen LogP contribution in [-0.2, 0) is 15.7 Å². The van der Waals surface area contributed by atoms with Crippen molar-refractivity contribution >= 4 is 17.5 Å². The second kappa shape index (κ2) is 6.32. The molecule has 0 aromatic carbocycles. The normalized spacial score (nSPS) is 23.9. The largest absolute Gasteiger partial charge is 0.436 e. The summed E-state index contributed by atoms with van der Waals surface area (Å²) in [7, 11) is 0. The van der Waals surface area contributed by atoms with Gasteiger partial charge in [-0.3, -0.25) is 9.48 Å². The summed E-state index contributed by atoms with van der Waals surface area (Å²) in [4.78, 5) is 14.2. The smallest absolute Gasteiger partial charge is 0.372 e. The van der Waals surface area contributed by atoms with Crippen LogP contribution in [0.5, 0.6) is 0 Å². The lowest BCUT2D eigenvalue weighted by Gasteiger charge is -2.36. The van der Waals surface area contributed by atoms with Crippen molar-refractivity contribution in [2.24, 2.45) is 0 Å². The molecule has 2 heterocycles. The summed E-state index contributed by atoms with van der Waals surface area (Å²) in [5.74, 6) is -0.303. The van der Waals surface area contributed by atoms with E-state index in [0.717, 1.165) is 4.68 Å². The average Bonchev–Trinajstić information content (AvgIpc) is 2.72. The molecule has 1 saturated heterocycles. The van der Waals surface area contributed by atoms with Gasteiger partial charge in [0, 0.05) is 13.1 Å². The first-order valence-corrected chi connectivity index (χ1v) is 7.66. The van der Waals surface area contributed by atoms with Crippen molar-refractivity contribution in [3.63, 3.8) is 0 Å². The number of morpholine rings is 1. The first kappa shape index (κ1) is 18.1. The van der Waals surface area contributed by atoms with E-state index >= 15 is 0 Å². The predicted octanol–water partition coefficient (Wildman–Crippen LogP) is 3.06. The first-order chi connectivity index (χ1) is 10.5. The first-order valence-electron chi connectivity index (χ1n) is 7.28. The molecule has 23 heavy (non-hydrogen) atoms. The van der Waals surface area contributed by atoms with Gasteiger partial charge >= 0.3 is 6.18 Å². The molecule has 130 valence electrons. The fourth-order valence-corrected chi connectivity index (χ4v) is 3.01. The molecule has 0 unspecified atom stereocenters. The molecule has 2 rings (SSSR count). The maximum absolute atomic E-state index is 12.9. The van der Waals surface area contributed by atoms with Crippen LogP contribution < -0.4 is 0 Å². The minimum absolute atomic E-state index is 0.120. The highest BCUT2D eigenvalue weighted by molar-refractivity contribution is 6.32. The van der Waals surface area contributed by atoms with Crippen molar-refractivity contribution in [2.75, 3.05) is 13.1 Å². The number of carbonyl (C=O) groups is 1. The zero-order valence-electron chi connectivity index (χ0n) is 13.3. The lowest BCUT2D eigenvalue weighted by atomic mass is 10.2. The minimum atomic E-state index is -4.65. The van der Waals surface area contributed by atoms with Gasteiger partial charge in [0.1, 0.15) is 6.04 Å². The van der Waals surface area contributed by atoms with Crippen LogP contribution in [0.2, 0.25) is 5.02 Å². The molecule has 1 amide bonds. The third kappa shape index (κ3) is 3.63. The summed E-state index contributed by atoms with van der Waals surface area (Å²) in [5, 5.41) is 3.04. The zero-order chi connectivity index (χ0) is 17.5. The van der Waals surface area contributed by atoms with Gasteiger partial charge in [-0.2, -0.15) is 18.3 Å². The number of aromatic nitrogens is 2. The Labute approximate surface area is 137 Å². The summed E-state index contributed by atoms with van der Waals surface area (Å²) in [5.41, 5.74) is -1.05. The maximum Gasteiger partial charge on any atom is 0.436 e. The highest BCUT2D eigenvalue weighted by Crippen LogP contribution is 2.36. The molecule has 1 aromatic heterocycles. The number of ether oxygens (including phenoxy) is 1. The van der Waals surface area contributed by atoms with Crippen LogP contribution in [0.3, 0.4) is 0 Å². The van der Waals surface area contributed by atoms with E-state index in [1.54, 1.807) is 4.90 Å². The van der Waals surface area contributed by atoms with E-state index in [4.69, 9.17) is 16.3 Å². The fraction of sp³-hybridized carbons (Fsp3) is 0.714. The topological polar surface area (TPSA) is 47.4 Å². The number of nitrogens with zero attached hydrogens (tertiary/aromatic N) is 3. The molecule has 3 atom stereocenters. The van der Waals surface area contributed by atoms with Crippen molar-refractivity contribution in [3.05, 3.63) is 16.4 Å². The van der Waals surface area contributed by atoms with E-state index in [-0.39, 0.29) is 23.8 Å². The van der Waals surface area contributed by atoms with Crippen LogP contribution in [-0.4, -0.2) is 45.9 Å². The number of hydrogen-bond donors (Lipinski definition) is 0. The van der Waals surface area contributed by atoms with E-state index in [9.17, 15) is 18.0 Å². The molecule has 0 spiro atoms. The van der Waals surface area contributed by atoms with Gasteiger partial charge in [-0.25, -0.2) is 0 Å². The van der Waals surface area contributed by atoms with Crippen LogP contribution in [0.15, 0.2) is 0 Å².